The summed E-state index contributed by atoms with van der Waals surface area (Å²) in [6.07, 6.45) is -3.12. The van der Waals surface area contributed by atoms with E-state index in [1.165, 1.54) is 12.1 Å². The van der Waals surface area contributed by atoms with Crippen molar-refractivity contribution in [1.29, 1.82) is 0 Å². The molecule has 10 heteroatoms. The molecule has 1 saturated carbocycles. The van der Waals surface area contributed by atoms with Gasteiger partial charge in [-0.3, -0.25) is 14.5 Å². The summed E-state index contributed by atoms with van der Waals surface area (Å²) in [7, 11) is 0. The van der Waals surface area contributed by atoms with E-state index in [2.05, 4.69) is 15.4 Å². The number of amides is 4. The summed E-state index contributed by atoms with van der Waals surface area (Å²) in [6.45, 7) is 1.16. The van der Waals surface area contributed by atoms with Crippen LogP contribution in [0.4, 0.5) is 23.7 Å². The standard InChI is InChI=1S/C16H16F3N3O4/c1-15(9-2-3-9)13(24)22(14(25)21-15)8-12(23)20-10-4-6-11(7-5-10)26-16(17,18)19/h4-7,9H,2-3,8H2,1H3,(H,20,23)(H,21,25). The number of alkyl halides is 3. The summed E-state index contributed by atoms with van der Waals surface area (Å²) in [4.78, 5) is 37.3. The van der Waals surface area contributed by atoms with E-state index >= 15 is 0 Å². The molecule has 0 bridgehead atoms. The van der Waals surface area contributed by atoms with Crippen LogP contribution < -0.4 is 15.4 Å². The van der Waals surface area contributed by atoms with Crippen LogP contribution in [0.3, 0.4) is 0 Å². The Bertz CT molecular complexity index is 746. The fraction of sp³-hybridized carbons (Fsp3) is 0.438. The van der Waals surface area contributed by atoms with Crippen LogP contribution in [0.5, 0.6) is 5.75 Å². The van der Waals surface area contributed by atoms with Crippen molar-refractivity contribution in [2.45, 2.75) is 31.7 Å². The normalized spacial score (nSPS) is 23.0. The average molecular weight is 371 g/mol. The van der Waals surface area contributed by atoms with Crippen molar-refractivity contribution < 1.29 is 32.3 Å². The smallest absolute Gasteiger partial charge is 0.406 e. The zero-order chi connectivity index (χ0) is 19.1. The van der Waals surface area contributed by atoms with E-state index < -0.39 is 42.0 Å². The van der Waals surface area contributed by atoms with Crippen LogP contribution in [0.25, 0.3) is 0 Å². The van der Waals surface area contributed by atoms with Gasteiger partial charge in [-0.15, -0.1) is 13.2 Å². The maximum absolute atomic E-state index is 12.4. The highest BCUT2D eigenvalue weighted by Gasteiger charge is 2.56. The number of nitrogens with one attached hydrogen (secondary N) is 2. The van der Waals surface area contributed by atoms with Gasteiger partial charge in [-0.2, -0.15) is 0 Å². The first-order valence-electron chi connectivity index (χ1n) is 7.88. The maximum atomic E-state index is 12.4. The molecule has 1 aliphatic heterocycles. The lowest BCUT2D eigenvalue weighted by Gasteiger charge is -2.20. The second kappa shape index (κ2) is 6.19. The fourth-order valence-corrected chi connectivity index (χ4v) is 2.88. The van der Waals surface area contributed by atoms with Gasteiger partial charge in [0.15, 0.2) is 0 Å². The Morgan fingerprint density at radius 3 is 2.46 bits per heavy atom. The lowest BCUT2D eigenvalue weighted by atomic mass is 9.96. The van der Waals surface area contributed by atoms with Crippen LogP contribution in [-0.4, -0.2) is 41.2 Å². The summed E-state index contributed by atoms with van der Waals surface area (Å²) in [5.41, 5.74) is -0.768. The van der Waals surface area contributed by atoms with Crippen LogP contribution >= 0.6 is 0 Å². The molecule has 2 aliphatic rings. The zero-order valence-corrected chi connectivity index (χ0v) is 13.7. The highest BCUT2D eigenvalue weighted by atomic mass is 19.4. The maximum Gasteiger partial charge on any atom is 0.573 e. The van der Waals surface area contributed by atoms with Gasteiger partial charge in [-0.1, -0.05) is 0 Å². The Morgan fingerprint density at radius 2 is 1.92 bits per heavy atom. The summed E-state index contributed by atoms with van der Waals surface area (Å²) >= 11 is 0. The molecule has 1 unspecified atom stereocenters. The van der Waals surface area contributed by atoms with Crippen molar-refractivity contribution in [3.05, 3.63) is 24.3 Å². The van der Waals surface area contributed by atoms with Crippen molar-refractivity contribution in [3.63, 3.8) is 0 Å². The van der Waals surface area contributed by atoms with E-state index in [0.717, 1.165) is 29.9 Å². The Balaban J connectivity index is 1.59. The van der Waals surface area contributed by atoms with Crippen molar-refractivity contribution in [2.75, 3.05) is 11.9 Å². The third-order valence-corrected chi connectivity index (χ3v) is 4.37. The third kappa shape index (κ3) is 3.73. The highest BCUT2D eigenvalue weighted by molar-refractivity contribution is 6.10. The molecule has 1 atom stereocenters. The van der Waals surface area contributed by atoms with Crippen LogP contribution in [0, 0.1) is 5.92 Å². The molecule has 2 fully saturated rings. The quantitative estimate of drug-likeness (QED) is 0.777. The molecule has 140 valence electrons. The molecular weight excluding hydrogens is 355 g/mol. The first-order chi connectivity index (χ1) is 12.1. The summed E-state index contributed by atoms with van der Waals surface area (Å²) in [5, 5.41) is 5.05. The predicted molar refractivity (Wildman–Crippen MR) is 83.1 cm³/mol. The number of nitrogens with zero attached hydrogens (tertiary/aromatic N) is 1. The SMILES string of the molecule is CC1(C2CC2)NC(=O)N(CC(=O)Nc2ccc(OC(F)(F)F)cc2)C1=O. The number of hydrogen-bond acceptors (Lipinski definition) is 4. The van der Waals surface area contributed by atoms with Gasteiger partial charge >= 0.3 is 12.4 Å². The number of rotatable bonds is 5. The number of hydrogen-bond donors (Lipinski definition) is 2. The summed E-state index contributed by atoms with van der Waals surface area (Å²) in [6, 6.07) is 3.90. The van der Waals surface area contributed by atoms with Crippen LogP contribution in [0.1, 0.15) is 19.8 Å². The van der Waals surface area contributed by atoms with Crippen molar-refractivity contribution >= 4 is 23.5 Å². The molecule has 1 heterocycles. The second-order valence-corrected chi connectivity index (χ2v) is 6.42. The van der Waals surface area contributed by atoms with Crippen LogP contribution in [0.2, 0.25) is 0 Å². The lowest BCUT2D eigenvalue weighted by Crippen LogP contribution is -2.46. The molecule has 1 aliphatic carbocycles. The Morgan fingerprint density at radius 1 is 1.31 bits per heavy atom. The number of carbonyl (C=O) groups excluding carboxylic acids is 3. The highest BCUT2D eigenvalue weighted by Crippen LogP contribution is 2.42. The van der Waals surface area contributed by atoms with Gasteiger partial charge in [-0.25, -0.2) is 4.79 Å². The van der Waals surface area contributed by atoms with Gasteiger partial charge in [0.2, 0.25) is 5.91 Å². The first kappa shape index (κ1) is 18.0. The molecule has 1 aromatic rings. The number of imide groups is 1. The molecule has 2 N–H and O–H groups in total. The van der Waals surface area contributed by atoms with E-state index in [0.29, 0.717) is 0 Å². The number of ether oxygens (including phenoxy) is 1. The number of anilines is 1. The van der Waals surface area contributed by atoms with Gasteiger partial charge < -0.3 is 15.4 Å². The van der Waals surface area contributed by atoms with E-state index in [1.807, 2.05) is 0 Å². The largest absolute Gasteiger partial charge is 0.573 e. The number of benzene rings is 1. The first-order valence-corrected chi connectivity index (χ1v) is 7.88. The molecule has 0 aromatic heterocycles. The van der Waals surface area contributed by atoms with Gasteiger partial charge in [0.05, 0.1) is 0 Å². The van der Waals surface area contributed by atoms with E-state index in [4.69, 9.17) is 0 Å². The molecule has 0 radical (unpaired) electrons. The van der Waals surface area contributed by atoms with Crippen LogP contribution in [-0.2, 0) is 9.59 Å². The molecule has 26 heavy (non-hydrogen) atoms. The summed E-state index contributed by atoms with van der Waals surface area (Å²) < 4.78 is 40.1. The molecule has 7 nitrogen and oxygen atoms in total. The van der Waals surface area contributed by atoms with E-state index in [9.17, 15) is 27.6 Å². The molecule has 1 saturated heterocycles. The Labute approximate surface area is 146 Å². The third-order valence-electron chi connectivity index (χ3n) is 4.37. The van der Waals surface area contributed by atoms with Crippen molar-refractivity contribution in [3.8, 4) is 5.75 Å². The van der Waals surface area contributed by atoms with Gasteiger partial charge in [0, 0.05) is 5.69 Å². The van der Waals surface area contributed by atoms with Crippen molar-refractivity contribution in [2.24, 2.45) is 5.92 Å². The predicted octanol–water partition coefficient (Wildman–Crippen LogP) is 2.24. The monoisotopic (exact) mass is 371 g/mol. The molecule has 0 spiro atoms. The fourth-order valence-electron chi connectivity index (χ4n) is 2.88. The van der Waals surface area contributed by atoms with Gasteiger partial charge in [-0.05, 0) is 49.9 Å². The second-order valence-electron chi connectivity index (χ2n) is 6.42. The molecule has 3 rings (SSSR count). The summed E-state index contributed by atoms with van der Waals surface area (Å²) in [5.74, 6) is -1.44. The van der Waals surface area contributed by atoms with E-state index in [-0.39, 0.29) is 11.6 Å². The molecule has 1 aromatic carbocycles. The number of carbonyl (C=O) groups is 3. The van der Waals surface area contributed by atoms with E-state index in [1.54, 1.807) is 6.92 Å². The zero-order valence-electron chi connectivity index (χ0n) is 13.7. The minimum Gasteiger partial charge on any atom is -0.406 e. The van der Waals surface area contributed by atoms with Gasteiger partial charge in [0.1, 0.15) is 17.8 Å². The lowest BCUT2D eigenvalue weighted by molar-refractivity contribution is -0.274. The number of halogens is 3. The Hall–Kier alpha value is -2.78. The average Bonchev–Trinajstić information content (AvgIpc) is 3.34. The van der Waals surface area contributed by atoms with Crippen molar-refractivity contribution in [1.82, 2.24) is 10.2 Å². The van der Waals surface area contributed by atoms with Crippen LogP contribution in [0.15, 0.2) is 24.3 Å². The Kier molecular flexibility index (Phi) is 4.29. The number of urea groups is 1. The minimum atomic E-state index is -4.80. The minimum absolute atomic E-state index is 0.0770. The molecule has 4 amide bonds. The topological polar surface area (TPSA) is 87.7 Å². The van der Waals surface area contributed by atoms with Gasteiger partial charge in [0.25, 0.3) is 5.91 Å². The molecular formula is C16H16F3N3O4.